The van der Waals surface area contributed by atoms with Crippen molar-refractivity contribution in [3.05, 3.63) is 26.6 Å². The standard InChI is InChI=1S/C14H17BrClN3S/c1-3-5-10-12(15)14(17-6-4-2)19-13(18-10)11-7-9(16)8-20-11/h7-8H,3-6H2,1-2H3,(H,17,18,19). The van der Waals surface area contributed by atoms with E-state index in [1.165, 1.54) is 0 Å². The zero-order chi connectivity index (χ0) is 14.5. The highest BCUT2D eigenvalue weighted by molar-refractivity contribution is 9.10. The van der Waals surface area contributed by atoms with E-state index in [1.807, 2.05) is 11.4 Å². The highest BCUT2D eigenvalue weighted by atomic mass is 79.9. The van der Waals surface area contributed by atoms with Crippen molar-refractivity contribution in [2.24, 2.45) is 0 Å². The summed E-state index contributed by atoms with van der Waals surface area (Å²) in [4.78, 5) is 10.3. The minimum Gasteiger partial charge on any atom is -0.369 e. The van der Waals surface area contributed by atoms with Crippen LogP contribution in [0.25, 0.3) is 10.7 Å². The summed E-state index contributed by atoms with van der Waals surface area (Å²) in [5, 5.41) is 5.99. The molecule has 2 rings (SSSR count). The van der Waals surface area contributed by atoms with Gasteiger partial charge in [0.2, 0.25) is 0 Å². The Hall–Kier alpha value is -0.650. The van der Waals surface area contributed by atoms with Crippen LogP contribution in [-0.4, -0.2) is 16.5 Å². The predicted octanol–water partition coefficient (Wildman–Crippen LogP) is 5.40. The molecule has 108 valence electrons. The Labute approximate surface area is 136 Å². The van der Waals surface area contributed by atoms with Gasteiger partial charge >= 0.3 is 0 Å². The highest BCUT2D eigenvalue weighted by Gasteiger charge is 2.14. The number of halogens is 2. The van der Waals surface area contributed by atoms with Gasteiger partial charge in [-0.15, -0.1) is 11.3 Å². The summed E-state index contributed by atoms with van der Waals surface area (Å²) in [6, 6.07) is 1.91. The number of rotatable bonds is 6. The van der Waals surface area contributed by atoms with Crippen molar-refractivity contribution in [1.82, 2.24) is 9.97 Å². The molecule has 0 bridgehead atoms. The Morgan fingerprint density at radius 3 is 2.70 bits per heavy atom. The van der Waals surface area contributed by atoms with Gasteiger partial charge in [-0.2, -0.15) is 0 Å². The van der Waals surface area contributed by atoms with Crippen LogP contribution in [0.4, 0.5) is 5.82 Å². The van der Waals surface area contributed by atoms with Crippen LogP contribution in [-0.2, 0) is 6.42 Å². The number of hydrogen-bond donors (Lipinski definition) is 1. The number of nitrogens with one attached hydrogen (secondary N) is 1. The molecule has 0 saturated carbocycles. The van der Waals surface area contributed by atoms with E-state index in [4.69, 9.17) is 11.6 Å². The molecular formula is C14H17BrClN3S. The normalized spacial score (nSPS) is 10.8. The fraction of sp³-hybridized carbons (Fsp3) is 0.429. The summed E-state index contributed by atoms with van der Waals surface area (Å²) in [5.74, 6) is 1.61. The van der Waals surface area contributed by atoms with Gasteiger partial charge in [-0.25, -0.2) is 9.97 Å². The van der Waals surface area contributed by atoms with E-state index in [2.05, 4.69) is 45.1 Å². The van der Waals surface area contributed by atoms with Crippen LogP contribution in [0.2, 0.25) is 5.02 Å². The van der Waals surface area contributed by atoms with Gasteiger partial charge in [0.05, 0.1) is 20.1 Å². The number of aromatic nitrogens is 2. The lowest BCUT2D eigenvalue weighted by Gasteiger charge is -2.11. The molecule has 0 aliphatic heterocycles. The molecule has 0 aromatic carbocycles. The fourth-order valence-electron chi connectivity index (χ4n) is 1.80. The van der Waals surface area contributed by atoms with E-state index in [0.717, 1.165) is 57.5 Å². The van der Waals surface area contributed by atoms with Crippen molar-refractivity contribution >= 4 is 44.7 Å². The van der Waals surface area contributed by atoms with Crippen molar-refractivity contribution in [3.8, 4) is 10.7 Å². The number of aryl methyl sites for hydroxylation is 1. The lowest BCUT2D eigenvalue weighted by Crippen LogP contribution is -2.07. The van der Waals surface area contributed by atoms with Crippen LogP contribution in [0, 0.1) is 0 Å². The first-order valence-corrected chi connectivity index (χ1v) is 8.75. The van der Waals surface area contributed by atoms with Crippen LogP contribution >= 0.6 is 38.9 Å². The monoisotopic (exact) mass is 373 g/mol. The molecule has 0 unspecified atom stereocenters. The molecule has 2 heterocycles. The van der Waals surface area contributed by atoms with Gasteiger partial charge in [-0.3, -0.25) is 0 Å². The molecule has 0 radical (unpaired) electrons. The third-order valence-electron chi connectivity index (χ3n) is 2.74. The average Bonchev–Trinajstić information content (AvgIpc) is 2.86. The van der Waals surface area contributed by atoms with Crippen molar-refractivity contribution in [2.45, 2.75) is 33.1 Å². The SMILES string of the molecule is CCCNc1nc(-c2cc(Cl)cs2)nc(CCC)c1Br. The molecule has 1 N–H and O–H groups in total. The summed E-state index contributed by atoms with van der Waals surface area (Å²) in [6.45, 7) is 5.18. The molecule has 3 nitrogen and oxygen atoms in total. The maximum atomic E-state index is 6.00. The molecule has 0 aliphatic rings. The van der Waals surface area contributed by atoms with E-state index in [1.54, 1.807) is 11.3 Å². The molecule has 0 amide bonds. The van der Waals surface area contributed by atoms with Crippen LogP contribution in [0.5, 0.6) is 0 Å². The molecule has 0 aliphatic carbocycles. The zero-order valence-corrected chi connectivity index (χ0v) is 14.7. The molecule has 2 aromatic heterocycles. The Bertz CT molecular complexity index is 586. The molecule has 0 atom stereocenters. The molecular weight excluding hydrogens is 358 g/mol. The summed E-state index contributed by atoms with van der Waals surface area (Å²) in [7, 11) is 0. The maximum absolute atomic E-state index is 6.00. The molecule has 0 spiro atoms. The van der Waals surface area contributed by atoms with Crippen LogP contribution in [0.1, 0.15) is 32.4 Å². The van der Waals surface area contributed by atoms with Gasteiger partial charge in [-0.1, -0.05) is 31.9 Å². The summed E-state index contributed by atoms with van der Waals surface area (Å²) < 4.78 is 0.971. The minimum absolute atomic E-state index is 0.733. The van der Waals surface area contributed by atoms with Gasteiger partial charge < -0.3 is 5.32 Å². The Morgan fingerprint density at radius 1 is 1.30 bits per heavy atom. The van der Waals surface area contributed by atoms with Crippen LogP contribution in [0.15, 0.2) is 15.9 Å². The molecule has 0 saturated heterocycles. The fourth-order valence-corrected chi connectivity index (χ4v) is 3.32. The van der Waals surface area contributed by atoms with Gasteiger partial charge in [0, 0.05) is 11.9 Å². The first kappa shape index (κ1) is 15.7. The first-order valence-electron chi connectivity index (χ1n) is 6.70. The largest absolute Gasteiger partial charge is 0.369 e. The maximum Gasteiger partial charge on any atom is 0.171 e. The number of hydrogen-bond acceptors (Lipinski definition) is 4. The molecule has 20 heavy (non-hydrogen) atoms. The summed E-state index contributed by atoms with van der Waals surface area (Å²) in [5.41, 5.74) is 1.04. The summed E-state index contributed by atoms with van der Waals surface area (Å²) >= 11 is 11.2. The molecule has 0 fully saturated rings. The predicted molar refractivity (Wildman–Crippen MR) is 90.8 cm³/mol. The van der Waals surface area contributed by atoms with Gasteiger partial charge in [0.15, 0.2) is 5.82 Å². The summed E-state index contributed by atoms with van der Waals surface area (Å²) in [6.07, 6.45) is 3.03. The van der Waals surface area contributed by atoms with Crippen LogP contribution < -0.4 is 5.32 Å². The Kier molecular flexibility index (Phi) is 5.81. The van der Waals surface area contributed by atoms with E-state index in [9.17, 15) is 0 Å². The first-order chi connectivity index (χ1) is 9.65. The number of anilines is 1. The van der Waals surface area contributed by atoms with E-state index < -0.39 is 0 Å². The van der Waals surface area contributed by atoms with E-state index in [-0.39, 0.29) is 0 Å². The third-order valence-corrected chi connectivity index (χ3v) is 4.84. The highest BCUT2D eigenvalue weighted by Crippen LogP contribution is 2.32. The van der Waals surface area contributed by atoms with Gasteiger partial charge in [-0.05, 0) is 34.8 Å². The van der Waals surface area contributed by atoms with Crippen molar-refractivity contribution in [2.75, 3.05) is 11.9 Å². The van der Waals surface area contributed by atoms with Crippen LogP contribution in [0.3, 0.4) is 0 Å². The van der Waals surface area contributed by atoms with E-state index in [0.29, 0.717) is 0 Å². The van der Waals surface area contributed by atoms with Crippen molar-refractivity contribution in [1.29, 1.82) is 0 Å². The molecule has 6 heteroatoms. The Balaban J connectivity index is 2.43. The second-order valence-electron chi connectivity index (χ2n) is 4.46. The topological polar surface area (TPSA) is 37.8 Å². The third kappa shape index (κ3) is 3.71. The lowest BCUT2D eigenvalue weighted by molar-refractivity contribution is 0.865. The minimum atomic E-state index is 0.733. The van der Waals surface area contributed by atoms with Gasteiger partial charge in [0.25, 0.3) is 0 Å². The molecule has 2 aromatic rings. The van der Waals surface area contributed by atoms with Crippen molar-refractivity contribution < 1.29 is 0 Å². The number of nitrogens with zero attached hydrogens (tertiary/aromatic N) is 2. The second kappa shape index (κ2) is 7.38. The average molecular weight is 375 g/mol. The second-order valence-corrected chi connectivity index (χ2v) is 6.60. The van der Waals surface area contributed by atoms with Crippen molar-refractivity contribution in [3.63, 3.8) is 0 Å². The van der Waals surface area contributed by atoms with E-state index >= 15 is 0 Å². The number of thiophene rings is 1. The lowest BCUT2D eigenvalue weighted by atomic mass is 10.2. The Morgan fingerprint density at radius 2 is 2.10 bits per heavy atom. The zero-order valence-electron chi connectivity index (χ0n) is 11.5. The smallest absolute Gasteiger partial charge is 0.171 e. The quantitative estimate of drug-likeness (QED) is 0.736. The van der Waals surface area contributed by atoms with Gasteiger partial charge in [0.1, 0.15) is 5.82 Å².